The Morgan fingerprint density at radius 1 is 1.11 bits per heavy atom. The summed E-state index contributed by atoms with van der Waals surface area (Å²) in [6.45, 7) is 1.51. The molecule has 0 aliphatic carbocycles. The molecule has 4 rings (SSSR count). The summed E-state index contributed by atoms with van der Waals surface area (Å²) in [5.74, 6) is 0.537. The summed E-state index contributed by atoms with van der Waals surface area (Å²) in [6, 6.07) is 4.16. The lowest BCUT2D eigenvalue weighted by Gasteiger charge is -2.27. The number of hydrogen-bond donors (Lipinski definition) is 0. The van der Waals surface area contributed by atoms with Gasteiger partial charge in [-0.1, -0.05) is 12.1 Å². The molecule has 0 saturated carbocycles. The number of fused-ring (bicyclic) bond motifs is 1. The van der Waals surface area contributed by atoms with E-state index in [1.54, 1.807) is 4.90 Å². The van der Waals surface area contributed by atoms with Crippen LogP contribution in [0.25, 0.3) is 0 Å². The number of amides is 1. The molecule has 2 aliphatic rings. The lowest BCUT2D eigenvalue weighted by molar-refractivity contribution is -0.137. The Bertz CT molecular complexity index is 924. The van der Waals surface area contributed by atoms with Crippen LogP contribution in [0, 0.1) is 0 Å². The minimum absolute atomic E-state index is 0.0327. The summed E-state index contributed by atoms with van der Waals surface area (Å²) < 4.78 is 40.8. The van der Waals surface area contributed by atoms with Crippen molar-refractivity contribution in [1.29, 1.82) is 0 Å². The van der Waals surface area contributed by atoms with E-state index in [2.05, 4.69) is 5.10 Å². The first-order chi connectivity index (χ1) is 13.3. The van der Waals surface area contributed by atoms with Crippen molar-refractivity contribution in [1.82, 2.24) is 19.2 Å². The van der Waals surface area contributed by atoms with Crippen LogP contribution in [0.3, 0.4) is 0 Å². The lowest BCUT2D eigenvalue weighted by Crippen LogP contribution is -2.41. The van der Waals surface area contributed by atoms with Crippen molar-refractivity contribution in [2.24, 2.45) is 0 Å². The summed E-state index contributed by atoms with van der Waals surface area (Å²) in [4.78, 5) is 27.5. The molecule has 0 N–H and O–H groups in total. The average molecular weight is 394 g/mol. The quantitative estimate of drug-likeness (QED) is 0.804. The topological polar surface area (TPSA) is 60.1 Å². The third-order valence-corrected chi connectivity index (χ3v) is 5.45. The SMILES string of the molecule is O=C(C1CCCc2nn(Cc3ccc(C(F)(F)F)cc3)c(=O)n21)N1CCCC1. The Balaban J connectivity index is 1.59. The molecule has 28 heavy (non-hydrogen) atoms. The predicted molar refractivity (Wildman–Crippen MR) is 94.8 cm³/mol. The smallest absolute Gasteiger partial charge is 0.341 e. The molecule has 2 aromatic rings. The molecule has 2 aliphatic heterocycles. The van der Waals surface area contributed by atoms with E-state index in [1.807, 2.05) is 0 Å². The molecule has 6 nitrogen and oxygen atoms in total. The van der Waals surface area contributed by atoms with E-state index in [1.165, 1.54) is 21.4 Å². The lowest BCUT2D eigenvalue weighted by atomic mass is 10.0. The molecule has 1 fully saturated rings. The van der Waals surface area contributed by atoms with Gasteiger partial charge in [-0.15, -0.1) is 0 Å². The van der Waals surface area contributed by atoms with Gasteiger partial charge >= 0.3 is 11.9 Å². The number of benzene rings is 1. The van der Waals surface area contributed by atoms with Crippen molar-refractivity contribution in [3.05, 3.63) is 51.7 Å². The van der Waals surface area contributed by atoms with Crippen LogP contribution in [-0.4, -0.2) is 38.2 Å². The zero-order valence-corrected chi connectivity index (χ0v) is 15.3. The molecule has 1 atom stereocenters. The Kier molecular flexibility index (Phi) is 4.76. The predicted octanol–water partition coefficient (Wildman–Crippen LogP) is 2.61. The summed E-state index contributed by atoms with van der Waals surface area (Å²) in [6.07, 6.45) is -0.443. The first kappa shape index (κ1) is 18.8. The number of rotatable bonds is 3. The highest BCUT2D eigenvalue weighted by Gasteiger charge is 2.34. The normalized spacial score (nSPS) is 19.7. The zero-order chi connectivity index (χ0) is 19.9. The largest absolute Gasteiger partial charge is 0.416 e. The molecule has 0 spiro atoms. The van der Waals surface area contributed by atoms with Gasteiger partial charge in [0.05, 0.1) is 12.1 Å². The number of hydrogen-bond acceptors (Lipinski definition) is 3. The van der Waals surface area contributed by atoms with Gasteiger partial charge in [-0.05, 0) is 43.4 Å². The molecule has 0 bridgehead atoms. The third-order valence-electron chi connectivity index (χ3n) is 5.45. The van der Waals surface area contributed by atoms with Crippen molar-refractivity contribution in [3.8, 4) is 0 Å². The van der Waals surface area contributed by atoms with Gasteiger partial charge in [-0.3, -0.25) is 9.36 Å². The second-order valence-electron chi connectivity index (χ2n) is 7.36. The van der Waals surface area contributed by atoms with Crippen molar-refractivity contribution in [2.45, 2.75) is 50.9 Å². The number of carbonyl (C=O) groups excluding carboxylic acids is 1. The molecule has 1 amide bonds. The molecule has 9 heteroatoms. The van der Waals surface area contributed by atoms with Crippen molar-refractivity contribution in [3.63, 3.8) is 0 Å². The number of nitrogens with zero attached hydrogens (tertiary/aromatic N) is 4. The van der Waals surface area contributed by atoms with Crippen LogP contribution in [0.2, 0.25) is 0 Å². The van der Waals surface area contributed by atoms with Crippen LogP contribution in [-0.2, 0) is 23.9 Å². The van der Waals surface area contributed by atoms with Gasteiger partial charge in [0.1, 0.15) is 11.9 Å². The minimum atomic E-state index is -4.40. The highest BCUT2D eigenvalue weighted by Crippen LogP contribution is 2.29. The molecule has 150 valence electrons. The van der Waals surface area contributed by atoms with Crippen LogP contribution in [0.4, 0.5) is 13.2 Å². The van der Waals surface area contributed by atoms with E-state index < -0.39 is 17.8 Å². The Morgan fingerprint density at radius 2 is 1.79 bits per heavy atom. The molecule has 0 radical (unpaired) electrons. The number of carbonyl (C=O) groups is 1. The number of halogens is 3. The number of aromatic nitrogens is 3. The fourth-order valence-corrected chi connectivity index (χ4v) is 3.99. The summed E-state index contributed by atoms with van der Waals surface area (Å²) >= 11 is 0. The summed E-state index contributed by atoms with van der Waals surface area (Å²) in [5, 5.41) is 4.35. The van der Waals surface area contributed by atoms with Crippen molar-refractivity contribution < 1.29 is 18.0 Å². The van der Waals surface area contributed by atoms with Crippen LogP contribution >= 0.6 is 0 Å². The molecular weight excluding hydrogens is 373 g/mol. The molecular formula is C19H21F3N4O2. The summed E-state index contributed by atoms with van der Waals surface area (Å²) in [5.41, 5.74) is -0.566. The molecule has 1 aromatic carbocycles. The van der Waals surface area contributed by atoms with Crippen molar-refractivity contribution in [2.75, 3.05) is 13.1 Å². The number of alkyl halides is 3. The van der Waals surface area contributed by atoms with E-state index in [0.717, 1.165) is 44.5 Å². The monoisotopic (exact) mass is 394 g/mol. The number of aryl methyl sites for hydroxylation is 1. The second kappa shape index (κ2) is 7.10. The fourth-order valence-electron chi connectivity index (χ4n) is 3.99. The molecule has 1 aromatic heterocycles. The highest BCUT2D eigenvalue weighted by molar-refractivity contribution is 5.80. The van der Waals surface area contributed by atoms with Crippen LogP contribution in [0.5, 0.6) is 0 Å². The fraction of sp³-hybridized carbons (Fsp3) is 0.526. The van der Waals surface area contributed by atoms with E-state index >= 15 is 0 Å². The molecule has 1 saturated heterocycles. The zero-order valence-electron chi connectivity index (χ0n) is 15.3. The minimum Gasteiger partial charge on any atom is -0.341 e. The Hall–Kier alpha value is -2.58. The number of likely N-dealkylation sites (tertiary alicyclic amines) is 1. The standard InChI is InChI=1S/C19H21F3N4O2/c20-19(21,22)14-8-6-13(7-9-14)12-25-18(28)26-15(4-3-5-16(26)23-25)17(27)24-10-1-2-11-24/h6-9,15H,1-5,10-12H2. The molecule has 1 unspecified atom stereocenters. The summed E-state index contributed by atoms with van der Waals surface area (Å²) in [7, 11) is 0. The first-order valence-electron chi connectivity index (χ1n) is 9.48. The van der Waals surface area contributed by atoms with Gasteiger partial charge in [0.25, 0.3) is 0 Å². The third kappa shape index (κ3) is 3.45. The van der Waals surface area contributed by atoms with E-state index in [0.29, 0.717) is 24.2 Å². The van der Waals surface area contributed by atoms with Crippen molar-refractivity contribution >= 4 is 5.91 Å². The molecule has 3 heterocycles. The Morgan fingerprint density at radius 3 is 2.43 bits per heavy atom. The van der Waals surface area contributed by atoms with Crippen LogP contribution < -0.4 is 5.69 Å². The van der Waals surface area contributed by atoms with Crippen LogP contribution in [0.1, 0.15) is 48.7 Å². The van der Waals surface area contributed by atoms with Gasteiger partial charge < -0.3 is 4.90 Å². The van der Waals surface area contributed by atoms with Gasteiger partial charge in [-0.2, -0.15) is 18.3 Å². The van der Waals surface area contributed by atoms with Gasteiger partial charge in [-0.25, -0.2) is 9.48 Å². The maximum atomic E-state index is 12.9. The maximum Gasteiger partial charge on any atom is 0.416 e. The Labute approximate surface area is 159 Å². The van der Waals surface area contributed by atoms with E-state index in [9.17, 15) is 22.8 Å². The average Bonchev–Trinajstić information content (AvgIpc) is 3.30. The van der Waals surface area contributed by atoms with Gasteiger partial charge in [0, 0.05) is 19.5 Å². The second-order valence-corrected chi connectivity index (χ2v) is 7.36. The van der Waals surface area contributed by atoms with Gasteiger partial charge in [0.2, 0.25) is 5.91 Å². The van der Waals surface area contributed by atoms with E-state index in [-0.39, 0.29) is 18.1 Å². The van der Waals surface area contributed by atoms with Gasteiger partial charge in [0.15, 0.2) is 0 Å². The highest BCUT2D eigenvalue weighted by atomic mass is 19.4. The maximum absolute atomic E-state index is 12.9. The van der Waals surface area contributed by atoms with E-state index in [4.69, 9.17) is 0 Å². The first-order valence-corrected chi connectivity index (χ1v) is 9.48. The van der Waals surface area contributed by atoms with Crippen LogP contribution in [0.15, 0.2) is 29.1 Å².